The number of carbonyl (C=O) groups is 1. The van der Waals surface area contributed by atoms with Crippen molar-refractivity contribution in [3.8, 4) is 6.07 Å². The molecule has 1 amide bonds. The second-order valence-corrected chi connectivity index (χ2v) is 4.92. The number of halogens is 1. The number of nitrogens with zero attached hydrogens (tertiary/aromatic N) is 3. The van der Waals surface area contributed by atoms with Crippen LogP contribution in [0.2, 0.25) is 5.02 Å². The van der Waals surface area contributed by atoms with Crippen molar-refractivity contribution in [3.63, 3.8) is 0 Å². The Morgan fingerprint density at radius 2 is 2.11 bits per heavy atom. The van der Waals surface area contributed by atoms with Gasteiger partial charge >= 0.3 is 0 Å². The molecule has 0 spiro atoms. The number of likely N-dealkylation sites (N-methyl/N-ethyl adjacent to an activating group) is 2. The van der Waals surface area contributed by atoms with Crippen molar-refractivity contribution >= 4 is 17.5 Å². The molecule has 0 saturated heterocycles. The SMILES string of the molecule is CCN(CC(=O)N(C)C)Cc1ccc(C#N)cc1Cl. The molecule has 0 atom stereocenters. The molecule has 0 aliphatic rings. The predicted octanol–water partition coefficient (Wildman–Crippen LogP) is 2.12. The van der Waals surface area contributed by atoms with Crippen LogP contribution >= 0.6 is 11.6 Å². The van der Waals surface area contributed by atoms with Crippen LogP contribution in [0.1, 0.15) is 18.1 Å². The molecule has 1 aromatic rings. The molecular formula is C14H18ClN3O. The summed E-state index contributed by atoms with van der Waals surface area (Å²) in [7, 11) is 3.48. The minimum Gasteiger partial charge on any atom is -0.348 e. The largest absolute Gasteiger partial charge is 0.348 e. The van der Waals surface area contributed by atoms with Crippen molar-refractivity contribution in [1.82, 2.24) is 9.80 Å². The Kier molecular flexibility index (Phi) is 5.81. The molecule has 0 N–H and O–H groups in total. The van der Waals surface area contributed by atoms with Gasteiger partial charge in [0.15, 0.2) is 0 Å². The number of hydrogen-bond acceptors (Lipinski definition) is 3. The quantitative estimate of drug-likeness (QED) is 0.829. The van der Waals surface area contributed by atoms with Gasteiger partial charge < -0.3 is 4.90 Å². The fourth-order valence-electron chi connectivity index (χ4n) is 1.60. The molecule has 4 nitrogen and oxygen atoms in total. The first-order valence-corrected chi connectivity index (χ1v) is 6.46. The third-order valence-corrected chi connectivity index (χ3v) is 3.23. The van der Waals surface area contributed by atoms with Crippen LogP contribution in [0.25, 0.3) is 0 Å². The van der Waals surface area contributed by atoms with Crippen molar-refractivity contribution in [1.29, 1.82) is 5.26 Å². The summed E-state index contributed by atoms with van der Waals surface area (Å²) in [6, 6.07) is 7.28. The predicted molar refractivity (Wildman–Crippen MR) is 75.8 cm³/mol. The Labute approximate surface area is 119 Å². The summed E-state index contributed by atoms with van der Waals surface area (Å²) in [6.45, 7) is 3.72. The summed E-state index contributed by atoms with van der Waals surface area (Å²) < 4.78 is 0. The van der Waals surface area contributed by atoms with Crippen LogP contribution in [0.4, 0.5) is 0 Å². The molecule has 0 unspecified atom stereocenters. The highest BCUT2D eigenvalue weighted by molar-refractivity contribution is 6.31. The fraction of sp³-hybridized carbons (Fsp3) is 0.429. The van der Waals surface area contributed by atoms with Crippen LogP contribution in [0.5, 0.6) is 0 Å². The Balaban J connectivity index is 2.76. The zero-order chi connectivity index (χ0) is 14.4. The average molecular weight is 280 g/mol. The second kappa shape index (κ2) is 7.13. The maximum Gasteiger partial charge on any atom is 0.236 e. The first-order valence-electron chi connectivity index (χ1n) is 6.09. The molecule has 19 heavy (non-hydrogen) atoms. The normalized spacial score (nSPS) is 10.3. The van der Waals surface area contributed by atoms with E-state index in [4.69, 9.17) is 16.9 Å². The molecular weight excluding hydrogens is 262 g/mol. The van der Waals surface area contributed by atoms with Gasteiger partial charge in [-0.25, -0.2) is 0 Å². The van der Waals surface area contributed by atoms with Crippen molar-refractivity contribution in [2.75, 3.05) is 27.2 Å². The van der Waals surface area contributed by atoms with Gasteiger partial charge in [0.1, 0.15) is 0 Å². The molecule has 0 aromatic heterocycles. The maximum absolute atomic E-state index is 11.7. The second-order valence-electron chi connectivity index (χ2n) is 4.51. The topological polar surface area (TPSA) is 47.3 Å². The highest BCUT2D eigenvalue weighted by Gasteiger charge is 2.12. The number of benzene rings is 1. The van der Waals surface area contributed by atoms with E-state index in [1.807, 2.05) is 17.9 Å². The number of hydrogen-bond donors (Lipinski definition) is 0. The molecule has 102 valence electrons. The molecule has 0 aliphatic heterocycles. The summed E-state index contributed by atoms with van der Waals surface area (Å²) in [5, 5.41) is 9.36. The third-order valence-electron chi connectivity index (χ3n) is 2.88. The number of carbonyl (C=O) groups excluding carboxylic acids is 1. The first-order chi connectivity index (χ1) is 8.97. The smallest absolute Gasteiger partial charge is 0.236 e. The number of nitriles is 1. The molecule has 0 fully saturated rings. The van der Waals surface area contributed by atoms with Crippen molar-refractivity contribution in [2.45, 2.75) is 13.5 Å². The van der Waals surface area contributed by atoms with Crippen LogP contribution in [-0.2, 0) is 11.3 Å². The lowest BCUT2D eigenvalue weighted by Crippen LogP contribution is -2.36. The summed E-state index contributed by atoms with van der Waals surface area (Å²) in [5.74, 6) is 0.0617. The summed E-state index contributed by atoms with van der Waals surface area (Å²) >= 11 is 6.14. The Hall–Kier alpha value is -1.57. The lowest BCUT2D eigenvalue weighted by Gasteiger charge is -2.22. The zero-order valence-electron chi connectivity index (χ0n) is 11.5. The van der Waals surface area contributed by atoms with E-state index in [-0.39, 0.29) is 5.91 Å². The van der Waals surface area contributed by atoms with E-state index in [9.17, 15) is 4.79 Å². The maximum atomic E-state index is 11.7. The standard InChI is InChI=1S/C14H18ClN3O/c1-4-18(10-14(19)17(2)3)9-12-6-5-11(8-16)7-13(12)15/h5-7H,4,9-10H2,1-3H3. The Bertz CT molecular complexity index is 494. The lowest BCUT2D eigenvalue weighted by atomic mass is 10.1. The van der Waals surface area contributed by atoms with Crippen LogP contribution in [0.3, 0.4) is 0 Å². The van der Waals surface area contributed by atoms with Crippen LogP contribution < -0.4 is 0 Å². The molecule has 0 saturated carbocycles. The van der Waals surface area contributed by atoms with Gasteiger partial charge in [-0.05, 0) is 24.2 Å². The molecule has 1 rings (SSSR count). The van der Waals surface area contributed by atoms with E-state index in [1.165, 1.54) is 0 Å². The molecule has 0 heterocycles. The van der Waals surface area contributed by atoms with Crippen LogP contribution in [0.15, 0.2) is 18.2 Å². The molecule has 5 heteroatoms. The fourth-order valence-corrected chi connectivity index (χ4v) is 1.84. The molecule has 0 aliphatic carbocycles. The van der Waals surface area contributed by atoms with Gasteiger partial charge in [-0.15, -0.1) is 0 Å². The van der Waals surface area contributed by atoms with Gasteiger partial charge in [-0.3, -0.25) is 9.69 Å². The van der Waals surface area contributed by atoms with Crippen molar-refractivity contribution in [2.24, 2.45) is 0 Å². The van der Waals surface area contributed by atoms with Gasteiger partial charge in [0.05, 0.1) is 18.2 Å². The minimum atomic E-state index is 0.0617. The highest BCUT2D eigenvalue weighted by Crippen LogP contribution is 2.19. The van der Waals surface area contributed by atoms with E-state index in [2.05, 4.69) is 6.07 Å². The van der Waals surface area contributed by atoms with Crippen LogP contribution in [-0.4, -0.2) is 42.9 Å². The van der Waals surface area contributed by atoms with Gasteiger partial charge in [-0.1, -0.05) is 24.6 Å². The summed E-state index contributed by atoms with van der Waals surface area (Å²) in [6.07, 6.45) is 0. The zero-order valence-corrected chi connectivity index (χ0v) is 12.2. The first kappa shape index (κ1) is 15.5. The van der Waals surface area contributed by atoms with Crippen molar-refractivity contribution in [3.05, 3.63) is 34.3 Å². The van der Waals surface area contributed by atoms with E-state index in [1.54, 1.807) is 31.1 Å². The Morgan fingerprint density at radius 1 is 1.42 bits per heavy atom. The van der Waals surface area contributed by atoms with Gasteiger partial charge in [0.25, 0.3) is 0 Å². The van der Waals surface area contributed by atoms with E-state index in [0.29, 0.717) is 23.7 Å². The van der Waals surface area contributed by atoms with Gasteiger partial charge in [-0.2, -0.15) is 5.26 Å². The van der Waals surface area contributed by atoms with Gasteiger partial charge in [0.2, 0.25) is 5.91 Å². The highest BCUT2D eigenvalue weighted by atomic mass is 35.5. The van der Waals surface area contributed by atoms with E-state index < -0.39 is 0 Å². The monoisotopic (exact) mass is 279 g/mol. The molecule has 0 bridgehead atoms. The average Bonchev–Trinajstić information content (AvgIpc) is 2.39. The van der Waals surface area contributed by atoms with Gasteiger partial charge in [0, 0.05) is 25.7 Å². The third kappa shape index (κ3) is 4.55. The van der Waals surface area contributed by atoms with Crippen molar-refractivity contribution < 1.29 is 4.79 Å². The molecule has 1 aromatic carbocycles. The lowest BCUT2D eigenvalue weighted by molar-refractivity contribution is -0.130. The minimum absolute atomic E-state index is 0.0617. The molecule has 0 radical (unpaired) electrons. The Morgan fingerprint density at radius 3 is 2.58 bits per heavy atom. The summed E-state index contributed by atoms with van der Waals surface area (Å²) in [4.78, 5) is 15.3. The number of amides is 1. The summed E-state index contributed by atoms with van der Waals surface area (Å²) in [5.41, 5.74) is 1.47. The van der Waals surface area contributed by atoms with Crippen LogP contribution in [0, 0.1) is 11.3 Å². The van der Waals surface area contributed by atoms with E-state index in [0.717, 1.165) is 12.1 Å². The van der Waals surface area contributed by atoms with E-state index >= 15 is 0 Å². The number of rotatable bonds is 5.